The van der Waals surface area contributed by atoms with Crippen molar-refractivity contribution in [1.29, 1.82) is 0 Å². The maximum absolute atomic E-state index is 13.4. The molecule has 0 aliphatic carbocycles. The Bertz CT molecular complexity index is 325. The first-order valence-corrected chi connectivity index (χ1v) is 5.53. The molecule has 0 radical (unpaired) electrons. The van der Waals surface area contributed by atoms with E-state index in [2.05, 4.69) is 13.8 Å². The first kappa shape index (κ1) is 12.3. The Hall–Kier alpha value is -0.760. The van der Waals surface area contributed by atoms with Crippen molar-refractivity contribution in [3.63, 3.8) is 0 Å². The summed E-state index contributed by atoms with van der Waals surface area (Å²) >= 11 is 5.87. The lowest BCUT2D eigenvalue weighted by atomic mass is 9.90. The van der Waals surface area contributed by atoms with Gasteiger partial charge in [0.25, 0.3) is 0 Å². The van der Waals surface area contributed by atoms with Gasteiger partial charge in [-0.05, 0) is 29.5 Å². The van der Waals surface area contributed by atoms with E-state index in [1.165, 1.54) is 13.2 Å². The summed E-state index contributed by atoms with van der Waals surface area (Å²) in [6, 6.07) is 5.02. The highest BCUT2D eigenvalue weighted by Gasteiger charge is 2.16. The van der Waals surface area contributed by atoms with E-state index in [9.17, 15) is 4.39 Å². The maximum atomic E-state index is 13.4. The molecule has 0 amide bonds. The zero-order valence-electron chi connectivity index (χ0n) is 9.26. The number of halogens is 2. The van der Waals surface area contributed by atoms with Crippen LogP contribution in [0.25, 0.3) is 0 Å². The molecule has 0 fully saturated rings. The quantitative estimate of drug-likeness (QED) is 0.715. The van der Waals surface area contributed by atoms with Crippen molar-refractivity contribution in [3.05, 3.63) is 29.6 Å². The van der Waals surface area contributed by atoms with Gasteiger partial charge < -0.3 is 4.74 Å². The van der Waals surface area contributed by atoms with Gasteiger partial charge in [-0.15, -0.1) is 11.6 Å². The molecule has 0 N–H and O–H groups in total. The van der Waals surface area contributed by atoms with Gasteiger partial charge in [0.1, 0.15) is 0 Å². The number of hydrogen-bond donors (Lipinski definition) is 0. The molecule has 1 atom stereocenters. The van der Waals surface area contributed by atoms with E-state index in [1.807, 2.05) is 6.07 Å². The molecule has 0 aliphatic heterocycles. The normalized spacial score (nSPS) is 12.9. The number of rotatable bonds is 4. The summed E-state index contributed by atoms with van der Waals surface area (Å²) in [5.74, 6) is 1.03. The lowest BCUT2D eigenvalue weighted by Crippen LogP contribution is -2.08. The minimum absolute atomic E-state index is 0.187. The number of benzene rings is 1. The largest absolute Gasteiger partial charge is 0.494 e. The Morgan fingerprint density at radius 3 is 2.47 bits per heavy atom. The Morgan fingerprint density at radius 2 is 2.07 bits per heavy atom. The first-order valence-electron chi connectivity index (χ1n) is 4.99. The Kier molecular flexibility index (Phi) is 4.40. The lowest BCUT2D eigenvalue weighted by Gasteiger charge is -2.18. The van der Waals surface area contributed by atoms with E-state index < -0.39 is 0 Å². The van der Waals surface area contributed by atoms with Crippen LogP contribution in [0.2, 0.25) is 0 Å². The van der Waals surface area contributed by atoms with Crippen LogP contribution in [0.3, 0.4) is 0 Å². The Morgan fingerprint density at radius 1 is 1.40 bits per heavy atom. The summed E-state index contributed by atoms with van der Waals surface area (Å²) in [6.45, 7) is 4.16. The van der Waals surface area contributed by atoms with Crippen molar-refractivity contribution in [2.45, 2.75) is 19.8 Å². The van der Waals surface area contributed by atoms with Crippen LogP contribution in [0, 0.1) is 11.7 Å². The van der Waals surface area contributed by atoms with Crippen molar-refractivity contribution in [3.8, 4) is 5.75 Å². The van der Waals surface area contributed by atoms with Gasteiger partial charge in [0, 0.05) is 5.88 Å². The van der Waals surface area contributed by atoms with Gasteiger partial charge in [0.2, 0.25) is 0 Å². The number of hydrogen-bond acceptors (Lipinski definition) is 1. The Balaban J connectivity index is 3.00. The molecule has 84 valence electrons. The molecule has 0 heterocycles. The first-order chi connectivity index (χ1) is 7.10. The fourth-order valence-corrected chi connectivity index (χ4v) is 2.10. The molecule has 1 nitrogen and oxygen atoms in total. The summed E-state index contributed by atoms with van der Waals surface area (Å²) < 4.78 is 18.3. The number of alkyl halides is 1. The predicted octanol–water partition coefficient (Wildman–Crippen LogP) is 3.81. The molecule has 0 saturated heterocycles. The third kappa shape index (κ3) is 2.85. The minimum Gasteiger partial charge on any atom is -0.494 e. The van der Waals surface area contributed by atoms with Crippen LogP contribution >= 0.6 is 11.6 Å². The zero-order valence-corrected chi connectivity index (χ0v) is 10.0. The highest BCUT2D eigenvalue weighted by Crippen LogP contribution is 2.28. The summed E-state index contributed by atoms with van der Waals surface area (Å²) in [5, 5.41) is 0. The van der Waals surface area contributed by atoms with Crippen molar-refractivity contribution in [2.24, 2.45) is 5.92 Å². The molecule has 0 spiro atoms. The van der Waals surface area contributed by atoms with Crippen LogP contribution in [0.1, 0.15) is 25.3 Å². The van der Waals surface area contributed by atoms with Crippen LogP contribution in [0.15, 0.2) is 18.2 Å². The molecule has 1 unspecified atom stereocenters. The summed E-state index contributed by atoms with van der Waals surface area (Å²) in [5.41, 5.74) is 0.929. The minimum atomic E-state index is -0.328. The van der Waals surface area contributed by atoms with Crippen LogP contribution < -0.4 is 4.74 Å². The number of methoxy groups -OCH3 is 1. The van der Waals surface area contributed by atoms with Gasteiger partial charge in [-0.3, -0.25) is 0 Å². The average Bonchev–Trinajstić information content (AvgIpc) is 2.18. The molecule has 0 aliphatic rings. The molecule has 1 rings (SSSR count). The standard InChI is InChI=1S/C12H16ClFO/c1-8(2)10(7-13)9-4-5-12(15-3)11(14)6-9/h4-6,8,10H,7H2,1-3H3. The molecule has 0 aromatic heterocycles. The van der Waals surface area contributed by atoms with E-state index in [1.54, 1.807) is 6.07 Å². The SMILES string of the molecule is COc1ccc(C(CCl)C(C)C)cc1F. The highest BCUT2D eigenvalue weighted by molar-refractivity contribution is 6.18. The molecular weight excluding hydrogens is 215 g/mol. The second kappa shape index (κ2) is 5.36. The van der Waals surface area contributed by atoms with Crippen molar-refractivity contribution in [1.82, 2.24) is 0 Å². The Labute approximate surface area is 95.2 Å². The average molecular weight is 231 g/mol. The second-order valence-electron chi connectivity index (χ2n) is 3.90. The molecule has 0 saturated carbocycles. The molecule has 15 heavy (non-hydrogen) atoms. The van der Waals surface area contributed by atoms with Crippen molar-refractivity contribution < 1.29 is 9.13 Å². The van der Waals surface area contributed by atoms with E-state index in [4.69, 9.17) is 16.3 Å². The third-order valence-electron chi connectivity index (χ3n) is 2.57. The summed E-state index contributed by atoms with van der Waals surface area (Å²) in [7, 11) is 1.46. The van der Waals surface area contributed by atoms with Crippen LogP contribution in [0.5, 0.6) is 5.75 Å². The monoisotopic (exact) mass is 230 g/mol. The van der Waals surface area contributed by atoms with Gasteiger partial charge in [-0.2, -0.15) is 0 Å². The smallest absolute Gasteiger partial charge is 0.165 e. The highest BCUT2D eigenvalue weighted by atomic mass is 35.5. The fraction of sp³-hybridized carbons (Fsp3) is 0.500. The van der Waals surface area contributed by atoms with Gasteiger partial charge in [0.15, 0.2) is 11.6 Å². The topological polar surface area (TPSA) is 9.23 Å². The van der Waals surface area contributed by atoms with Crippen molar-refractivity contribution in [2.75, 3.05) is 13.0 Å². The summed E-state index contributed by atoms with van der Waals surface area (Å²) in [4.78, 5) is 0. The third-order valence-corrected chi connectivity index (χ3v) is 2.91. The van der Waals surface area contributed by atoms with Crippen LogP contribution in [0.4, 0.5) is 4.39 Å². The predicted molar refractivity (Wildman–Crippen MR) is 61.3 cm³/mol. The summed E-state index contributed by atoms with van der Waals surface area (Å²) in [6.07, 6.45) is 0. The van der Waals surface area contributed by atoms with Crippen molar-refractivity contribution >= 4 is 11.6 Å². The lowest BCUT2D eigenvalue weighted by molar-refractivity contribution is 0.385. The van der Waals surface area contributed by atoms with E-state index in [0.29, 0.717) is 11.8 Å². The fourth-order valence-electron chi connectivity index (χ4n) is 1.57. The molecule has 1 aromatic rings. The van der Waals surface area contributed by atoms with Gasteiger partial charge in [0.05, 0.1) is 7.11 Å². The zero-order chi connectivity index (χ0) is 11.4. The maximum Gasteiger partial charge on any atom is 0.165 e. The van der Waals surface area contributed by atoms with Crippen LogP contribution in [-0.4, -0.2) is 13.0 Å². The van der Waals surface area contributed by atoms with Crippen LogP contribution in [-0.2, 0) is 0 Å². The molecular formula is C12H16ClFO. The molecule has 3 heteroatoms. The van der Waals surface area contributed by atoms with Gasteiger partial charge in [-0.1, -0.05) is 19.9 Å². The van der Waals surface area contributed by atoms with Gasteiger partial charge >= 0.3 is 0 Å². The van der Waals surface area contributed by atoms with E-state index in [-0.39, 0.29) is 17.5 Å². The van der Waals surface area contributed by atoms with E-state index in [0.717, 1.165) is 5.56 Å². The second-order valence-corrected chi connectivity index (χ2v) is 4.21. The molecule has 1 aromatic carbocycles. The van der Waals surface area contributed by atoms with E-state index >= 15 is 0 Å². The van der Waals surface area contributed by atoms with Gasteiger partial charge in [-0.25, -0.2) is 4.39 Å². The number of ether oxygens (including phenoxy) is 1. The molecule has 0 bridgehead atoms.